The van der Waals surface area contributed by atoms with Crippen LogP contribution >= 0.6 is 11.3 Å². The van der Waals surface area contributed by atoms with Crippen LogP contribution in [0.2, 0.25) is 0 Å². The summed E-state index contributed by atoms with van der Waals surface area (Å²) in [5.41, 5.74) is -1.95. The number of nitrogens with zero attached hydrogens (tertiary/aromatic N) is 1. The van der Waals surface area contributed by atoms with Crippen molar-refractivity contribution in [1.29, 1.82) is 0 Å². The van der Waals surface area contributed by atoms with Crippen molar-refractivity contribution in [3.05, 3.63) is 27.1 Å². The van der Waals surface area contributed by atoms with E-state index in [1.165, 1.54) is 12.1 Å². The van der Waals surface area contributed by atoms with Crippen molar-refractivity contribution >= 4 is 22.2 Å². The Morgan fingerprint density at radius 3 is 2.33 bits per heavy atom. The Balaban J connectivity index is 2.86. The number of carbonyl (C=O) groups is 1. The van der Waals surface area contributed by atoms with Crippen LogP contribution in [0.25, 0.3) is 0 Å². The minimum atomic E-state index is -1.11. The third kappa shape index (κ3) is 3.05. The Kier molecular flexibility index (Phi) is 3.78. The summed E-state index contributed by atoms with van der Waals surface area (Å²) < 4.78 is 0. The van der Waals surface area contributed by atoms with E-state index in [2.05, 4.69) is 5.32 Å². The molecule has 0 radical (unpaired) electrons. The van der Waals surface area contributed by atoms with E-state index >= 15 is 0 Å². The maximum absolute atomic E-state index is 11.9. The van der Waals surface area contributed by atoms with E-state index in [9.17, 15) is 20.0 Å². The Labute approximate surface area is 109 Å². The highest BCUT2D eigenvalue weighted by atomic mass is 32.1. The average Bonchev–Trinajstić information content (AvgIpc) is 2.63. The van der Waals surface area contributed by atoms with Crippen molar-refractivity contribution in [3.63, 3.8) is 0 Å². The molecule has 6 nitrogen and oxygen atoms in total. The van der Waals surface area contributed by atoms with Gasteiger partial charge in [0.05, 0.1) is 20.9 Å². The first-order valence-electron chi connectivity index (χ1n) is 5.34. The fourth-order valence-electron chi connectivity index (χ4n) is 1.05. The Bertz CT molecular complexity index is 474. The maximum atomic E-state index is 11.9. The molecule has 0 saturated heterocycles. The van der Waals surface area contributed by atoms with Gasteiger partial charge in [-0.1, -0.05) is 11.3 Å². The zero-order valence-electron chi connectivity index (χ0n) is 10.7. The Morgan fingerprint density at radius 1 is 1.39 bits per heavy atom. The zero-order valence-corrected chi connectivity index (χ0v) is 11.5. The molecule has 1 heterocycles. The SMILES string of the molecule is CC(C)(O)C(C)(C)NC(=O)c1ccc([N+](=O)[O-])s1. The molecule has 1 aromatic heterocycles. The summed E-state index contributed by atoms with van der Waals surface area (Å²) in [5, 5.41) is 23.0. The summed E-state index contributed by atoms with van der Waals surface area (Å²) in [5.74, 6) is -0.430. The molecule has 0 atom stereocenters. The second-order valence-electron chi connectivity index (χ2n) is 5.03. The van der Waals surface area contributed by atoms with Crippen molar-refractivity contribution in [1.82, 2.24) is 5.32 Å². The van der Waals surface area contributed by atoms with Crippen LogP contribution in [0.5, 0.6) is 0 Å². The summed E-state index contributed by atoms with van der Waals surface area (Å²) in [6.45, 7) is 6.55. The standard InChI is InChI=1S/C11H16N2O4S/c1-10(2,11(3,4)15)12-9(14)7-5-6-8(18-7)13(16)17/h5-6,15H,1-4H3,(H,12,14). The minimum absolute atomic E-state index is 0.0822. The van der Waals surface area contributed by atoms with Crippen molar-refractivity contribution in [3.8, 4) is 0 Å². The van der Waals surface area contributed by atoms with Crippen LogP contribution in [0.4, 0.5) is 5.00 Å². The van der Waals surface area contributed by atoms with Crippen LogP contribution in [0, 0.1) is 10.1 Å². The fourth-order valence-corrected chi connectivity index (χ4v) is 1.76. The van der Waals surface area contributed by atoms with Gasteiger partial charge in [-0.2, -0.15) is 0 Å². The van der Waals surface area contributed by atoms with Crippen LogP contribution in [-0.4, -0.2) is 27.1 Å². The van der Waals surface area contributed by atoms with E-state index in [-0.39, 0.29) is 9.88 Å². The molecule has 7 heteroatoms. The van der Waals surface area contributed by atoms with Crippen molar-refractivity contribution in [2.45, 2.75) is 38.8 Å². The van der Waals surface area contributed by atoms with Gasteiger partial charge in [0.15, 0.2) is 0 Å². The number of rotatable bonds is 4. The predicted octanol–water partition coefficient (Wildman–Crippen LogP) is 1.94. The van der Waals surface area contributed by atoms with Crippen LogP contribution in [0.15, 0.2) is 12.1 Å². The van der Waals surface area contributed by atoms with Crippen LogP contribution in [-0.2, 0) is 0 Å². The van der Waals surface area contributed by atoms with Crippen molar-refractivity contribution < 1.29 is 14.8 Å². The summed E-state index contributed by atoms with van der Waals surface area (Å²) in [6, 6.07) is 2.69. The van der Waals surface area contributed by atoms with Gasteiger partial charge in [-0.15, -0.1) is 0 Å². The summed E-state index contributed by atoms with van der Waals surface area (Å²) in [7, 11) is 0. The second kappa shape index (κ2) is 4.66. The van der Waals surface area contributed by atoms with Crippen LogP contribution in [0.3, 0.4) is 0 Å². The van der Waals surface area contributed by atoms with E-state index in [4.69, 9.17) is 0 Å². The molecular weight excluding hydrogens is 256 g/mol. The van der Waals surface area contributed by atoms with Gasteiger partial charge in [-0.05, 0) is 33.8 Å². The van der Waals surface area contributed by atoms with E-state index in [1.54, 1.807) is 27.7 Å². The molecule has 0 fully saturated rings. The van der Waals surface area contributed by atoms with Crippen molar-refractivity contribution in [2.24, 2.45) is 0 Å². The molecule has 100 valence electrons. The van der Waals surface area contributed by atoms with Gasteiger partial charge >= 0.3 is 5.00 Å². The quantitative estimate of drug-likeness (QED) is 0.647. The highest BCUT2D eigenvalue weighted by molar-refractivity contribution is 7.17. The lowest BCUT2D eigenvalue weighted by Gasteiger charge is -2.37. The van der Waals surface area contributed by atoms with Crippen LogP contribution in [0.1, 0.15) is 37.4 Å². The summed E-state index contributed by atoms with van der Waals surface area (Å²) in [6.07, 6.45) is 0. The molecule has 18 heavy (non-hydrogen) atoms. The second-order valence-corrected chi connectivity index (χ2v) is 6.10. The third-order valence-electron chi connectivity index (χ3n) is 2.95. The minimum Gasteiger partial charge on any atom is -0.388 e. The largest absolute Gasteiger partial charge is 0.388 e. The van der Waals surface area contributed by atoms with E-state index in [0.29, 0.717) is 0 Å². The van der Waals surface area contributed by atoms with Gasteiger partial charge in [-0.25, -0.2) is 0 Å². The van der Waals surface area contributed by atoms with Gasteiger partial charge in [0, 0.05) is 6.07 Å². The summed E-state index contributed by atoms with van der Waals surface area (Å²) >= 11 is 0.808. The molecule has 0 aromatic carbocycles. The molecule has 0 aliphatic rings. The number of hydrogen-bond acceptors (Lipinski definition) is 5. The number of aliphatic hydroxyl groups is 1. The predicted molar refractivity (Wildman–Crippen MR) is 68.8 cm³/mol. The average molecular weight is 272 g/mol. The molecule has 0 unspecified atom stereocenters. The first-order valence-corrected chi connectivity index (χ1v) is 6.15. The number of hydrogen-bond donors (Lipinski definition) is 2. The zero-order chi connectivity index (χ0) is 14.1. The van der Waals surface area contributed by atoms with Gasteiger partial charge in [0.2, 0.25) is 0 Å². The lowest BCUT2D eigenvalue weighted by molar-refractivity contribution is -0.380. The van der Waals surface area contributed by atoms with E-state index in [0.717, 1.165) is 11.3 Å². The molecule has 0 aliphatic heterocycles. The maximum Gasteiger partial charge on any atom is 0.324 e. The van der Waals surface area contributed by atoms with Crippen molar-refractivity contribution in [2.75, 3.05) is 0 Å². The lowest BCUT2D eigenvalue weighted by Crippen LogP contribution is -2.57. The molecule has 1 amide bonds. The molecule has 0 aliphatic carbocycles. The van der Waals surface area contributed by atoms with Crippen LogP contribution < -0.4 is 5.32 Å². The normalized spacial score (nSPS) is 12.3. The number of carbonyl (C=O) groups excluding carboxylic acids is 1. The third-order valence-corrected chi connectivity index (χ3v) is 3.99. The molecule has 1 aromatic rings. The molecule has 1 rings (SSSR count). The van der Waals surface area contributed by atoms with Gasteiger partial charge in [0.1, 0.15) is 0 Å². The number of nitro groups is 1. The molecule has 0 spiro atoms. The number of thiophene rings is 1. The smallest absolute Gasteiger partial charge is 0.324 e. The van der Waals surface area contributed by atoms with Gasteiger partial charge < -0.3 is 10.4 Å². The monoisotopic (exact) mass is 272 g/mol. The first kappa shape index (κ1) is 14.6. The molecule has 2 N–H and O–H groups in total. The Morgan fingerprint density at radius 2 is 1.94 bits per heavy atom. The summed E-state index contributed by atoms with van der Waals surface area (Å²) in [4.78, 5) is 22.1. The lowest BCUT2D eigenvalue weighted by atomic mass is 9.86. The first-order chi connectivity index (χ1) is 8.04. The molecular formula is C11H16N2O4S. The van der Waals surface area contributed by atoms with E-state index < -0.39 is 22.0 Å². The molecule has 0 bridgehead atoms. The number of nitrogens with one attached hydrogen (secondary N) is 1. The Hall–Kier alpha value is -1.47. The van der Waals surface area contributed by atoms with Gasteiger partial charge in [-0.3, -0.25) is 14.9 Å². The topological polar surface area (TPSA) is 92.5 Å². The van der Waals surface area contributed by atoms with E-state index in [1.807, 2.05) is 0 Å². The van der Waals surface area contributed by atoms with Gasteiger partial charge in [0.25, 0.3) is 5.91 Å². The highest BCUT2D eigenvalue weighted by Crippen LogP contribution is 2.26. The molecule has 0 saturated carbocycles. The fraction of sp³-hybridized carbons (Fsp3) is 0.545. The number of amides is 1. The highest BCUT2D eigenvalue weighted by Gasteiger charge is 2.36.